The molecule has 1 aliphatic carbocycles. The van der Waals surface area contributed by atoms with Crippen LogP contribution < -0.4 is 10.5 Å². The van der Waals surface area contributed by atoms with Gasteiger partial charge in [0.1, 0.15) is 5.75 Å². The summed E-state index contributed by atoms with van der Waals surface area (Å²) in [6, 6.07) is 5.43. The number of ether oxygens (including phenoxy) is 1. The number of nitrogen functional groups attached to an aromatic ring is 1. The van der Waals surface area contributed by atoms with Crippen LogP contribution in [-0.4, -0.2) is 6.10 Å². The molecule has 1 aromatic rings. The summed E-state index contributed by atoms with van der Waals surface area (Å²) in [6.07, 6.45) is 3.83. The third-order valence-corrected chi connectivity index (χ3v) is 3.64. The Balaban J connectivity index is 2.04. The molecule has 0 heterocycles. The minimum absolute atomic E-state index is 0.289. The second-order valence-electron chi connectivity index (χ2n) is 5.34. The van der Waals surface area contributed by atoms with Crippen LogP contribution in [0.1, 0.15) is 33.1 Å². The first kappa shape index (κ1) is 12.6. The lowest BCUT2D eigenvalue weighted by Crippen LogP contribution is -2.28. The molecule has 2 rings (SSSR count). The Morgan fingerprint density at radius 2 is 1.82 bits per heavy atom. The molecular weight excluding hydrogens is 234 g/mol. The molecule has 1 fully saturated rings. The van der Waals surface area contributed by atoms with Gasteiger partial charge >= 0.3 is 0 Å². The summed E-state index contributed by atoms with van der Waals surface area (Å²) < 4.78 is 6.00. The number of rotatable bonds is 2. The van der Waals surface area contributed by atoms with Gasteiger partial charge in [-0.1, -0.05) is 25.4 Å². The van der Waals surface area contributed by atoms with Crippen molar-refractivity contribution in [3.05, 3.63) is 23.2 Å². The maximum absolute atomic E-state index is 6.00. The molecule has 0 bridgehead atoms. The van der Waals surface area contributed by atoms with E-state index < -0.39 is 0 Å². The second kappa shape index (κ2) is 5.18. The first-order valence-corrected chi connectivity index (χ1v) is 6.64. The summed E-state index contributed by atoms with van der Waals surface area (Å²) in [5, 5.41) is 0.653. The lowest BCUT2D eigenvalue weighted by atomic mass is 9.82. The largest absolute Gasteiger partial charge is 0.488 e. The van der Waals surface area contributed by atoms with Gasteiger partial charge in [-0.05, 0) is 49.3 Å². The van der Waals surface area contributed by atoms with E-state index in [1.165, 1.54) is 6.42 Å². The van der Waals surface area contributed by atoms with Gasteiger partial charge in [-0.3, -0.25) is 0 Å². The number of benzene rings is 1. The monoisotopic (exact) mass is 253 g/mol. The number of hydrogen-bond acceptors (Lipinski definition) is 2. The fourth-order valence-corrected chi connectivity index (χ4v) is 2.96. The van der Waals surface area contributed by atoms with Crippen molar-refractivity contribution in [2.45, 2.75) is 39.2 Å². The van der Waals surface area contributed by atoms with Crippen molar-refractivity contribution in [3.8, 4) is 5.75 Å². The molecule has 0 radical (unpaired) electrons. The molecule has 1 saturated carbocycles. The Morgan fingerprint density at radius 3 is 2.41 bits per heavy atom. The molecule has 0 spiro atoms. The van der Waals surface area contributed by atoms with Crippen LogP contribution in [0.15, 0.2) is 18.2 Å². The van der Waals surface area contributed by atoms with Gasteiger partial charge in [0, 0.05) is 5.02 Å². The van der Waals surface area contributed by atoms with Crippen LogP contribution in [0, 0.1) is 11.8 Å². The summed E-state index contributed by atoms with van der Waals surface area (Å²) in [5.74, 6) is 2.23. The smallest absolute Gasteiger partial charge is 0.142 e. The highest BCUT2D eigenvalue weighted by Gasteiger charge is 2.25. The zero-order valence-electron chi connectivity index (χ0n) is 10.4. The van der Waals surface area contributed by atoms with E-state index in [1.807, 2.05) is 12.1 Å². The molecule has 1 aliphatic rings. The molecule has 17 heavy (non-hydrogen) atoms. The van der Waals surface area contributed by atoms with E-state index in [9.17, 15) is 0 Å². The van der Waals surface area contributed by atoms with Crippen molar-refractivity contribution in [2.75, 3.05) is 5.73 Å². The Kier molecular flexibility index (Phi) is 3.82. The number of halogens is 1. The minimum Gasteiger partial charge on any atom is -0.488 e. The van der Waals surface area contributed by atoms with Crippen LogP contribution in [0.25, 0.3) is 0 Å². The topological polar surface area (TPSA) is 35.2 Å². The highest BCUT2D eigenvalue weighted by atomic mass is 35.5. The molecule has 2 nitrogen and oxygen atoms in total. The standard InChI is InChI=1S/C14H20ClNO/c1-9-5-10(2)7-12(6-9)17-14-4-3-11(15)8-13(14)16/h3-4,8-10,12H,5-7,16H2,1-2H3. The van der Waals surface area contributed by atoms with E-state index in [0.717, 1.165) is 30.4 Å². The lowest BCUT2D eigenvalue weighted by molar-refractivity contribution is 0.102. The minimum atomic E-state index is 0.289. The van der Waals surface area contributed by atoms with E-state index >= 15 is 0 Å². The maximum Gasteiger partial charge on any atom is 0.142 e. The van der Waals surface area contributed by atoms with Crippen molar-refractivity contribution < 1.29 is 4.74 Å². The zero-order valence-corrected chi connectivity index (χ0v) is 11.2. The van der Waals surface area contributed by atoms with E-state index in [4.69, 9.17) is 22.1 Å². The summed E-state index contributed by atoms with van der Waals surface area (Å²) >= 11 is 5.87. The third-order valence-electron chi connectivity index (χ3n) is 3.40. The van der Waals surface area contributed by atoms with Crippen molar-refractivity contribution in [1.82, 2.24) is 0 Å². The highest BCUT2D eigenvalue weighted by Crippen LogP contribution is 2.33. The molecule has 0 amide bonds. The van der Waals surface area contributed by atoms with Crippen molar-refractivity contribution in [2.24, 2.45) is 11.8 Å². The predicted molar refractivity (Wildman–Crippen MR) is 72.5 cm³/mol. The Labute approximate surface area is 108 Å². The van der Waals surface area contributed by atoms with E-state index in [-0.39, 0.29) is 6.10 Å². The number of nitrogens with two attached hydrogens (primary N) is 1. The first-order valence-electron chi connectivity index (χ1n) is 6.26. The SMILES string of the molecule is CC1CC(C)CC(Oc2ccc(Cl)cc2N)C1. The summed E-state index contributed by atoms with van der Waals surface area (Å²) in [4.78, 5) is 0. The van der Waals surface area contributed by atoms with Gasteiger partial charge in [0.2, 0.25) is 0 Å². The van der Waals surface area contributed by atoms with E-state index in [0.29, 0.717) is 10.7 Å². The zero-order chi connectivity index (χ0) is 12.4. The van der Waals surface area contributed by atoms with Gasteiger partial charge in [0.05, 0.1) is 11.8 Å². The van der Waals surface area contributed by atoms with Crippen molar-refractivity contribution >= 4 is 17.3 Å². The van der Waals surface area contributed by atoms with Crippen molar-refractivity contribution in [3.63, 3.8) is 0 Å². The molecule has 0 saturated heterocycles. The Hall–Kier alpha value is -0.890. The fraction of sp³-hybridized carbons (Fsp3) is 0.571. The van der Waals surface area contributed by atoms with Gasteiger partial charge in [-0.2, -0.15) is 0 Å². The van der Waals surface area contributed by atoms with Crippen LogP contribution in [0.2, 0.25) is 5.02 Å². The van der Waals surface area contributed by atoms with Crippen LogP contribution in [0.4, 0.5) is 5.69 Å². The normalized spacial score (nSPS) is 29.0. The van der Waals surface area contributed by atoms with Gasteiger partial charge in [0.25, 0.3) is 0 Å². The van der Waals surface area contributed by atoms with Crippen LogP contribution in [0.3, 0.4) is 0 Å². The predicted octanol–water partition coefficient (Wildman–Crippen LogP) is 4.13. The Bertz CT molecular complexity index is 384. The Morgan fingerprint density at radius 1 is 1.18 bits per heavy atom. The second-order valence-corrected chi connectivity index (χ2v) is 5.78. The third kappa shape index (κ3) is 3.29. The molecule has 0 aliphatic heterocycles. The molecular formula is C14H20ClNO. The van der Waals surface area contributed by atoms with E-state index in [1.54, 1.807) is 6.07 Å². The summed E-state index contributed by atoms with van der Waals surface area (Å²) in [7, 11) is 0. The maximum atomic E-state index is 6.00. The fourth-order valence-electron chi connectivity index (χ4n) is 2.78. The highest BCUT2D eigenvalue weighted by molar-refractivity contribution is 6.30. The number of anilines is 1. The van der Waals surface area contributed by atoms with Crippen LogP contribution in [-0.2, 0) is 0 Å². The van der Waals surface area contributed by atoms with Gasteiger partial charge in [-0.15, -0.1) is 0 Å². The molecule has 3 heteroatoms. The molecule has 0 aromatic heterocycles. The van der Waals surface area contributed by atoms with Gasteiger partial charge in [0.15, 0.2) is 0 Å². The molecule has 1 aromatic carbocycles. The van der Waals surface area contributed by atoms with Crippen LogP contribution >= 0.6 is 11.6 Å². The molecule has 2 unspecified atom stereocenters. The molecule has 2 N–H and O–H groups in total. The lowest BCUT2D eigenvalue weighted by Gasteiger charge is -2.32. The van der Waals surface area contributed by atoms with Gasteiger partial charge in [-0.25, -0.2) is 0 Å². The average Bonchev–Trinajstić information content (AvgIpc) is 2.21. The van der Waals surface area contributed by atoms with Gasteiger partial charge < -0.3 is 10.5 Å². The molecule has 2 atom stereocenters. The number of hydrogen-bond donors (Lipinski definition) is 1. The quantitative estimate of drug-likeness (QED) is 0.805. The summed E-state index contributed by atoms with van der Waals surface area (Å²) in [6.45, 7) is 4.58. The van der Waals surface area contributed by atoms with Crippen molar-refractivity contribution in [1.29, 1.82) is 0 Å². The van der Waals surface area contributed by atoms with E-state index in [2.05, 4.69) is 13.8 Å². The first-order chi connectivity index (χ1) is 8.04. The molecule has 94 valence electrons. The van der Waals surface area contributed by atoms with Crippen LogP contribution in [0.5, 0.6) is 5.75 Å². The average molecular weight is 254 g/mol. The summed E-state index contributed by atoms with van der Waals surface area (Å²) in [5.41, 5.74) is 6.53.